The van der Waals surface area contributed by atoms with E-state index in [-0.39, 0.29) is 12.5 Å². The molecule has 0 aliphatic heterocycles. The molecular formula is C12H15BrINO3. The minimum atomic E-state index is -0.545. The van der Waals surface area contributed by atoms with Crippen LogP contribution in [0.4, 0.5) is 0 Å². The van der Waals surface area contributed by atoms with Crippen molar-refractivity contribution in [3.8, 4) is 0 Å². The fourth-order valence-electron chi connectivity index (χ4n) is 1.39. The molecule has 4 nitrogen and oxygen atoms in total. The summed E-state index contributed by atoms with van der Waals surface area (Å²) < 4.78 is 6.57. The predicted octanol–water partition coefficient (Wildman–Crippen LogP) is 2.18. The van der Waals surface area contributed by atoms with Gasteiger partial charge in [0.1, 0.15) is 0 Å². The number of halogens is 2. The van der Waals surface area contributed by atoms with Crippen LogP contribution in [-0.2, 0) is 4.74 Å². The zero-order chi connectivity index (χ0) is 13.5. The molecule has 1 aromatic carbocycles. The Morgan fingerprint density at radius 2 is 2.33 bits per heavy atom. The Hall–Kier alpha value is -0.180. The number of amides is 1. The molecule has 0 radical (unpaired) electrons. The average Bonchev–Trinajstić information content (AvgIpc) is 2.32. The summed E-state index contributed by atoms with van der Waals surface area (Å²) in [5.74, 6) is -0.134. The number of methoxy groups -OCH3 is 1. The van der Waals surface area contributed by atoms with Crippen LogP contribution in [0.3, 0.4) is 0 Å². The number of hydrogen-bond acceptors (Lipinski definition) is 3. The lowest BCUT2D eigenvalue weighted by Gasteiger charge is -2.11. The number of ether oxygens (including phenoxy) is 1. The lowest BCUT2D eigenvalue weighted by molar-refractivity contribution is 0.0587. The molecule has 0 aromatic heterocycles. The van der Waals surface area contributed by atoms with E-state index < -0.39 is 6.10 Å². The van der Waals surface area contributed by atoms with Gasteiger partial charge in [-0.2, -0.15) is 0 Å². The fraction of sp³-hybridized carbons (Fsp3) is 0.417. The Labute approximate surface area is 128 Å². The molecule has 6 heteroatoms. The summed E-state index contributed by atoms with van der Waals surface area (Å²) in [5, 5.41) is 12.2. The molecule has 0 fully saturated rings. The van der Waals surface area contributed by atoms with Crippen molar-refractivity contribution in [1.82, 2.24) is 5.32 Å². The lowest BCUT2D eigenvalue weighted by Crippen LogP contribution is -2.29. The van der Waals surface area contributed by atoms with Gasteiger partial charge in [0.05, 0.1) is 18.3 Å². The van der Waals surface area contributed by atoms with E-state index >= 15 is 0 Å². The van der Waals surface area contributed by atoms with E-state index in [1.807, 2.05) is 12.1 Å². The molecule has 1 atom stereocenters. The molecule has 0 spiro atoms. The predicted molar refractivity (Wildman–Crippen MR) is 81.7 cm³/mol. The molecule has 0 saturated carbocycles. The molecule has 0 heterocycles. The minimum Gasteiger partial charge on any atom is -0.391 e. The highest BCUT2D eigenvalue weighted by atomic mass is 127. The van der Waals surface area contributed by atoms with Gasteiger partial charge in [0.15, 0.2) is 0 Å². The first-order valence-corrected chi connectivity index (χ1v) is 7.32. The van der Waals surface area contributed by atoms with E-state index in [1.165, 1.54) is 7.11 Å². The molecule has 18 heavy (non-hydrogen) atoms. The molecule has 100 valence electrons. The number of nitrogens with one attached hydrogen (secondary N) is 1. The summed E-state index contributed by atoms with van der Waals surface area (Å²) in [7, 11) is 1.53. The van der Waals surface area contributed by atoms with Crippen molar-refractivity contribution in [2.75, 3.05) is 20.3 Å². The second kappa shape index (κ2) is 8.08. The molecule has 2 N–H and O–H groups in total. The zero-order valence-electron chi connectivity index (χ0n) is 9.95. The Morgan fingerprint density at radius 1 is 1.61 bits per heavy atom. The Balaban J connectivity index is 2.48. The summed E-state index contributed by atoms with van der Waals surface area (Å²) in [4.78, 5) is 11.9. The monoisotopic (exact) mass is 427 g/mol. The molecule has 1 aromatic rings. The van der Waals surface area contributed by atoms with Crippen LogP contribution in [0.1, 0.15) is 16.8 Å². The third-order valence-electron chi connectivity index (χ3n) is 2.30. The summed E-state index contributed by atoms with van der Waals surface area (Å²) in [5.41, 5.74) is 0.631. The van der Waals surface area contributed by atoms with Crippen molar-refractivity contribution in [1.29, 1.82) is 0 Å². The SMILES string of the molecule is COCC(O)CCNC(=O)c1cc(Br)ccc1I. The third-order valence-corrected chi connectivity index (χ3v) is 3.73. The Kier molecular flexibility index (Phi) is 7.13. The number of benzene rings is 1. The molecule has 0 saturated heterocycles. The van der Waals surface area contributed by atoms with Gasteiger partial charge in [-0.1, -0.05) is 15.9 Å². The van der Waals surface area contributed by atoms with Gasteiger partial charge in [-0.3, -0.25) is 4.79 Å². The van der Waals surface area contributed by atoms with Gasteiger partial charge >= 0.3 is 0 Å². The van der Waals surface area contributed by atoms with E-state index in [1.54, 1.807) is 6.07 Å². The van der Waals surface area contributed by atoms with Crippen LogP contribution in [0.25, 0.3) is 0 Å². The third kappa shape index (κ3) is 5.21. The smallest absolute Gasteiger partial charge is 0.252 e. The molecule has 1 unspecified atom stereocenters. The number of carbonyl (C=O) groups is 1. The summed E-state index contributed by atoms with van der Waals surface area (Å²) in [6.45, 7) is 0.705. The van der Waals surface area contributed by atoms with E-state index in [0.29, 0.717) is 18.5 Å². The first kappa shape index (κ1) is 15.9. The van der Waals surface area contributed by atoms with Crippen LogP contribution in [0.2, 0.25) is 0 Å². The van der Waals surface area contributed by atoms with Gasteiger partial charge in [-0.15, -0.1) is 0 Å². The maximum Gasteiger partial charge on any atom is 0.252 e. The van der Waals surface area contributed by atoms with Crippen LogP contribution in [0, 0.1) is 3.57 Å². The van der Waals surface area contributed by atoms with E-state index in [0.717, 1.165) is 8.04 Å². The Morgan fingerprint density at radius 3 is 3.00 bits per heavy atom. The first-order chi connectivity index (χ1) is 8.54. The zero-order valence-corrected chi connectivity index (χ0v) is 13.7. The van der Waals surface area contributed by atoms with Crippen LogP contribution in [0.15, 0.2) is 22.7 Å². The fourth-order valence-corrected chi connectivity index (χ4v) is 2.34. The normalized spacial score (nSPS) is 12.2. The van der Waals surface area contributed by atoms with Crippen LogP contribution in [-0.4, -0.2) is 37.4 Å². The van der Waals surface area contributed by atoms with Gasteiger partial charge in [0.2, 0.25) is 0 Å². The van der Waals surface area contributed by atoms with E-state index in [9.17, 15) is 9.90 Å². The molecule has 0 aliphatic rings. The van der Waals surface area contributed by atoms with Gasteiger partial charge < -0.3 is 15.2 Å². The van der Waals surface area contributed by atoms with Gasteiger partial charge in [0, 0.05) is 21.7 Å². The lowest BCUT2D eigenvalue weighted by atomic mass is 10.2. The van der Waals surface area contributed by atoms with Crippen LogP contribution < -0.4 is 5.32 Å². The number of rotatable bonds is 6. The summed E-state index contributed by atoms with van der Waals surface area (Å²) in [6, 6.07) is 5.54. The largest absolute Gasteiger partial charge is 0.391 e. The minimum absolute atomic E-state index is 0.134. The number of aliphatic hydroxyl groups excluding tert-OH is 1. The maximum atomic E-state index is 11.9. The van der Waals surface area contributed by atoms with Crippen molar-refractivity contribution in [3.63, 3.8) is 0 Å². The molecule has 1 rings (SSSR count). The quantitative estimate of drug-likeness (QED) is 0.684. The molecule has 1 amide bonds. The van der Waals surface area contributed by atoms with E-state index in [4.69, 9.17) is 4.74 Å². The van der Waals surface area contributed by atoms with Crippen molar-refractivity contribution in [3.05, 3.63) is 31.8 Å². The highest BCUT2D eigenvalue weighted by molar-refractivity contribution is 14.1. The molecule has 0 aliphatic carbocycles. The van der Waals surface area contributed by atoms with Crippen molar-refractivity contribution < 1.29 is 14.6 Å². The van der Waals surface area contributed by atoms with Gasteiger partial charge in [-0.25, -0.2) is 0 Å². The number of aliphatic hydroxyl groups is 1. The number of hydrogen-bond donors (Lipinski definition) is 2. The Bertz CT molecular complexity index is 414. The van der Waals surface area contributed by atoms with Crippen molar-refractivity contribution in [2.45, 2.75) is 12.5 Å². The average molecular weight is 428 g/mol. The van der Waals surface area contributed by atoms with Crippen LogP contribution >= 0.6 is 38.5 Å². The maximum absolute atomic E-state index is 11.9. The van der Waals surface area contributed by atoms with Crippen molar-refractivity contribution >= 4 is 44.4 Å². The second-order valence-corrected chi connectivity index (χ2v) is 5.86. The molecular weight excluding hydrogens is 413 g/mol. The van der Waals surface area contributed by atoms with Gasteiger partial charge in [-0.05, 0) is 47.2 Å². The van der Waals surface area contributed by atoms with Crippen LogP contribution in [0.5, 0.6) is 0 Å². The summed E-state index contributed by atoms with van der Waals surface area (Å²) in [6.07, 6.45) is -0.0682. The highest BCUT2D eigenvalue weighted by Gasteiger charge is 2.11. The number of carbonyl (C=O) groups excluding carboxylic acids is 1. The highest BCUT2D eigenvalue weighted by Crippen LogP contribution is 2.18. The summed E-state index contributed by atoms with van der Waals surface area (Å²) >= 11 is 5.46. The van der Waals surface area contributed by atoms with E-state index in [2.05, 4.69) is 43.8 Å². The van der Waals surface area contributed by atoms with Crippen molar-refractivity contribution in [2.24, 2.45) is 0 Å². The van der Waals surface area contributed by atoms with Gasteiger partial charge in [0.25, 0.3) is 5.91 Å². The topological polar surface area (TPSA) is 58.6 Å². The molecule has 0 bridgehead atoms. The first-order valence-electron chi connectivity index (χ1n) is 5.45. The standard InChI is InChI=1S/C12H15BrINO3/c1-18-7-9(16)4-5-15-12(17)10-6-8(13)2-3-11(10)14/h2-3,6,9,16H,4-5,7H2,1H3,(H,15,17). The second-order valence-electron chi connectivity index (χ2n) is 3.78.